The highest BCUT2D eigenvalue weighted by Crippen LogP contribution is 2.08. The highest BCUT2D eigenvalue weighted by Gasteiger charge is 2.16. The van der Waals surface area contributed by atoms with Gasteiger partial charge >= 0.3 is 5.97 Å². The van der Waals surface area contributed by atoms with Gasteiger partial charge in [0, 0.05) is 18.2 Å². The molecule has 0 radical (unpaired) electrons. The summed E-state index contributed by atoms with van der Waals surface area (Å²) in [6.07, 6.45) is 3.57. The van der Waals surface area contributed by atoms with Gasteiger partial charge in [0.05, 0.1) is 19.6 Å². The molecule has 0 aromatic rings. The molecule has 0 bridgehead atoms. The van der Waals surface area contributed by atoms with Crippen LogP contribution in [0.4, 0.5) is 0 Å². The molecular formula is C13H25NO3S. The Kier molecular flexibility index (Phi) is 10.1. The van der Waals surface area contributed by atoms with Gasteiger partial charge in [-0.1, -0.05) is 6.92 Å². The SMILES string of the molecule is CCOC(=O)CCC(=O)CN(C)C(CC)CSC. The molecule has 5 heteroatoms. The molecule has 1 atom stereocenters. The van der Waals surface area contributed by atoms with Gasteiger partial charge in [0.2, 0.25) is 0 Å². The summed E-state index contributed by atoms with van der Waals surface area (Å²) in [5.74, 6) is 0.841. The summed E-state index contributed by atoms with van der Waals surface area (Å²) in [5.41, 5.74) is 0. The normalized spacial score (nSPS) is 12.5. The number of carbonyl (C=O) groups excluding carboxylic acids is 2. The zero-order valence-corrected chi connectivity index (χ0v) is 12.7. The molecular weight excluding hydrogens is 250 g/mol. The predicted octanol–water partition coefficient (Wildman–Crippen LogP) is 1.97. The average Bonchev–Trinajstić information content (AvgIpc) is 2.33. The van der Waals surface area contributed by atoms with Gasteiger partial charge in [0.25, 0.3) is 0 Å². The molecule has 106 valence electrons. The predicted molar refractivity (Wildman–Crippen MR) is 76.0 cm³/mol. The second-order valence-electron chi connectivity index (χ2n) is 4.28. The Morgan fingerprint density at radius 3 is 2.44 bits per heavy atom. The summed E-state index contributed by atoms with van der Waals surface area (Å²) in [6, 6.07) is 0.423. The van der Waals surface area contributed by atoms with E-state index in [1.807, 2.05) is 7.05 Å². The maximum atomic E-state index is 11.7. The quantitative estimate of drug-likeness (QED) is 0.570. The molecule has 0 saturated heterocycles. The lowest BCUT2D eigenvalue weighted by Crippen LogP contribution is -2.37. The van der Waals surface area contributed by atoms with Gasteiger partial charge < -0.3 is 4.74 Å². The number of likely N-dealkylation sites (N-methyl/N-ethyl adjacent to an activating group) is 1. The maximum Gasteiger partial charge on any atom is 0.306 e. The zero-order chi connectivity index (χ0) is 14.0. The van der Waals surface area contributed by atoms with Crippen molar-refractivity contribution >= 4 is 23.5 Å². The number of ether oxygens (including phenoxy) is 1. The smallest absolute Gasteiger partial charge is 0.306 e. The van der Waals surface area contributed by atoms with Crippen molar-refractivity contribution in [3.05, 3.63) is 0 Å². The summed E-state index contributed by atoms with van der Waals surface area (Å²) >= 11 is 1.79. The molecule has 0 aromatic carbocycles. The Bertz CT molecular complexity index is 259. The Hall–Kier alpha value is -0.550. The summed E-state index contributed by atoms with van der Waals surface area (Å²) in [5, 5.41) is 0. The Morgan fingerprint density at radius 2 is 1.94 bits per heavy atom. The third-order valence-corrected chi connectivity index (χ3v) is 3.51. The number of Topliss-reactive ketones (excluding diaryl/α,β-unsaturated/α-hetero) is 1. The molecule has 0 amide bonds. The second kappa shape index (κ2) is 10.4. The van der Waals surface area contributed by atoms with E-state index in [-0.39, 0.29) is 24.6 Å². The standard InChI is InChI=1S/C13H25NO3S/c1-5-11(10-18-4)14(3)9-12(15)7-8-13(16)17-6-2/h11H,5-10H2,1-4H3. The highest BCUT2D eigenvalue weighted by atomic mass is 32.2. The van der Waals surface area contributed by atoms with E-state index in [4.69, 9.17) is 4.74 Å². The summed E-state index contributed by atoms with van der Waals surface area (Å²) in [4.78, 5) is 24.9. The second-order valence-corrected chi connectivity index (χ2v) is 5.19. The van der Waals surface area contributed by atoms with E-state index in [0.717, 1.165) is 12.2 Å². The van der Waals surface area contributed by atoms with Gasteiger partial charge in [-0.3, -0.25) is 14.5 Å². The lowest BCUT2D eigenvalue weighted by Gasteiger charge is -2.25. The maximum absolute atomic E-state index is 11.7. The van der Waals surface area contributed by atoms with Gasteiger partial charge in [-0.25, -0.2) is 0 Å². The van der Waals surface area contributed by atoms with Crippen LogP contribution < -0.4 is 0 Å². The van der Waals surface area contributed by atoms with Crippen molar-refractivity contribution < 1.29 is 14.3 Å². The van der Waals surface area contributed by atoms with E-state index in [1.54, 1.807) is 18.7 Å². The van der Waals surface area contributed by atoms with Crippen molar-refractivity contribution in [3.8, 4) is 0 Å². The molecule has 18 heavy (non-hydrogen) atoms. The number of carbonyl (C=O) groups is 2. The fraction of sp³-hybridized carbons (Fsp3) is 0.846. The number of ketones is 1. The minimum Gasteiger partial charge on any atom is -0.466 e. The first-order chi connectivity index (χ1) is 8.54. The topological polar surface area (TPSA) is 46.6 Å². The third kappa shape index (κ3) is 7.71. The number of hydrogen-bond donors (Lipinski definition) is 0. The first-order valence-corrected chi connectivity index (χ1v) is 7.80. The van der Waals surface area contributed by atoms with Crippen LogP contribution in [0.25, 0.3) is 0 Å². The largest absolute Gasteiger partial charge is 0.466 e. The van der Waals surface area contributed by atoms with E-state index >= 15 is 0 Å². The van der Waals surface area contributed by atoms with Crippen molar-refractivity contribution in [2.75, 3.05) is 32.2 Å². The first kappa shape index (κ1) is 17.4. The summed E-state index contributed by atoms with van der Waals surface area (Å²) < 4.78 is 4.80. The van der Waals surface area contributed by atoms with Gasteiger partial charge in [-0.2, -0.15) is 11.8 Å². The minimum atomic E-state index is -0.287. The van der Waals surface area contributed by atoms with Gasteiger partial charge in [-0.15, -0.1) is 0 Å². The number of thioether (sulfide) groups is 1. The molecule has 0 saturated carbocycles. The van der Waals surface area contributed by atoms with Crippen LogP contribution in [0.1, 0.15) is 33.1 Å². The van der Waals surface area contributed by atoms with Crippen LogP contribution in [-0.4, -0.2) is 54.9 Å². The van der Waals surface area contributed by atoms with Gasteiger partial charge in [0.15, 0.2) is 0 Å². The highest BCUT2D eigenvalue weighted by molar-refractivity contribution is 7.98. The number of rotatable bonds is 10. The third-order valence-electron chi connectivity index (χ3n) is 2.79. The molecule has 0 aliphatic rings. The van der Waals surface area contributed by atoms with E-state index < -0.39 is 0 Å². The van der Waals surface area contributed by atoms with Crippen molar-refractivity contribution in [1.29, 1.82) is 0 Å². The van der Waals surface area contributed by atoms with Gasteiger partial charge in [-0.05, 0) is 26.6 Å². The molecule has 1 unspecified atom stereocenters. The molecule has 4 nitrogen and oxygen atoms in total. The van der Waals surface area contributed by atoms with E-state index in [9.17, 15) is 9.59 Å². The average molecular weight is 275 g/mol. The molecule has 0 aliphatic carbocycles. The van der Waals surface area contributed by atoms with E-state index in [1.165, 1.54) is 0 Å². The van der Waals surface area contributed by atoms with Crippen LogP contribution in [0.3, 0.4) is 0 Å². The Balaban J connectivity index is 3.95. The van der Waals surface area contributed by atoms with Crippen LogP contribution >= 0.6 is 11.8 Å². The fourth-order valence-corrected chi connectivity index (χ4v) is 2.59. The van der Waals surface area contributed by atoms with Gasteiger partial charge in [0.1, 0.15) is 5.78 Å². The van der Waals surface area contributed by atoms with E-state index in [0.29, 0.717) is 19.2 Å². The minimum absolute atomic E-state index is 0.102. The number of hydrogen-bond acceptors (Lipinski definition) is 5. The van der Waals surface area contributed by atoms with Crippen molar-refractivity contribution in [3.63, 3.8) is 0 Å². The van der Waals surface area contributed by atoms with Crippen molar-refractivity contribution in [1.82, 2.24) is 4.90 Å². The lowest BCUT2D eigenvalue weighted by atomic mass is 10.1. The van der Waals surface area contributed by atoms with Crippen molar-refractivity contribution in [2.45, 2.75) is 39.2 Å². The molecule has 0 aromatic heterocycles. The number of nitrogens with zero attached hydrogens (tertiary/aromatic N) is 1. The zero-order valence-electron chi connectivity index (χ0n) is 11.9. The summed E-state index contributed by atoms with van der Waals surface area (Å²) in [7, 11) is 1.96. The monoisotopic (exact) mass is 275 g/mol. The van der Waals surface area contributed by atoms with Crippen LogP contribution in [-0.2, 0) is 14.3 Å². The molecule has 0 fully saturated rings. The molecule has 0 spiro atoms. The lowest BCUT2D eigenvalue weighted by molar-refractivity contribution is -0.144. The van der Waals surface area contributed by atoms with Crippen LogP contribution in [0.15, 0.2) is 0 Å². The number of esters is 1. The van der Waals surface area contributed by atoms with Crippen molar-refractivity contribution in [2.24, 2.45) is 0 Å². The Labute approximate surface area is 114 Å². The molecule has 0 rings (SSSR count). The fourth-order valence-electron chi connectivity index (χ4n) is 1.71. The Morgan fingerprint density at radius 1 is 1.28 bits per heavy atom. The van der Waals surface area contributed by atoms with Crippen LogP contribution in [0, 0.1) is 0 Å². The summed E-state index contributed by atoms with van der Waals surface area (Å²) in [6.45, 7) is 4.68. The first-order valence-electron chi connectivity index (χ1n) is 6.41. The molecule has 0 heterocycles. The van der Waals surface area contributed by atoms with Crippen LogP contribution in [0.5, 0.6) is 0 Å². The molecule has 0 aliphatic heterocycles. The molecule has 0 N–H and O–H groups in total. The van der Waals surface area contributed by atoms with Crippen LogP contribution in [0.2, 0.25) is 0 Å². The van der Waals surface area contributed by atoms with E-state index in [2.05, 4.69) is 18.1 Å².